The van der Waals surface area contributed by atoms with Gasteiger partial charge in [0.15, 0.2) is 0 Å². The average molecular weight is 362 g/mol. The van der Waals surface area contributed by atoms with E-state index in [1.54, 1.807) is 29.2 Å². The zero-order chi connectivity index (χ0) is 17.8. The van der Waals surface area contributed by atoms with Crippen LogP contribution in [0.5, 0.6) is 17.2 Å². The molecular weight excluding hydrogens is 342 g/mol. The molecule has 1 aliphatic rings. The van der Waals surface area contributed by atoms with Gasteiger partial charge in [-0.1, -0.05) is 17.7 Å². The fourth-order valence-electron chi connectivity index (χ4n) is 2.95. The largest absolute Gasteiger partial charge is 0.507 e. The Balaban J connectivity index is 1.62. The Labute approximate surface area is 151 Å². The zero-order valence-electron chi connectivity index (χ0n) is 13.9. The van der Waals surface area contributed by atoms with Crippen LogP contribution in [0.1, 0.15) is 23.2 Å². The van der Waals surface area contributed by atoms with Crippen molar-refractivity contribution < 1.29 is 19.4 Å². The molecule has 0 atom stereocenters. The molecule has 0 saturated carbocycles. The van der Waals surface area contributed by atoms with Gasteiger partial charge in [0.2, 0.25) is 0 Å². The predicted octanol–water partition coefficient (Wildman–Crippen LogP) is 3.74. The van der Waals surface area contributed by atoms with Gasteiger partial charge in [-0.2, -0.15) is 0 Å². The molecule has 1 saturated heterocycles. The number of halogens is 1. The summed E-state index contributed by atoms with van der Waals surface area (Å²) in [7, 11) is 1.48. The zero-order valence-corrected chi connectivity index (χ0v) is 14.7. The highest BCUT2D eigenvalue weighted by molar-refractivity contribution is 6.30. The summed E-state index contributed by atoms with van der Waals surface area (Å²) >= 11 is 5.87. The molecule has 0 aliphatic carbocycles. The highest BCUT2D eigenvalue weighted by Crippen LogP contribution is 2.30. The van der Waals surface area contributed by atoms with E-state index in [2.05, 4.69) is 0 Å². The number of piperidine rings is 1. The molecule has 25 heavy (non-hydrogen) atoms. The van der Waals surface area contributed by atoms with E-state index >= 15 is 0 Å². The number of carbonyl (C=O) groups excluding carboxylic acids is 1. The number of methoxy groups -OCH3 is 1. The van der Waals surface area contributed by atoms with Crippen LogP contribution < -0.4 is 9.47 Å². The van der Waals surface area contributed by atoms with Crippen LogP contribution in [0.3, 0.4) is 0 Å². The third-order valence-electron chi connectivity index (χ3n) is 4.28. The number of ether oxygens (including phenoxy) is 2. The van der Waals surface area contributed by atoms with E-state index in [1.165, 1.54) is 13.2 Å². The third kappa shape index (κ3) is 3.99. The first-order valence-electron chi connectivity index (χ1n) is 8.16. The maximum Gasteiger partial charge on any atom is 0.261 e. The number of carbonyl (C=O) groups is 1. The van der Waals surface area contributed by atoms with Gasteiger partial charge in [0.1, 0.15) is 28.9 Å². The minimum absolute atomic E-state index is 0.0523. The predicted molar refractivity (Wildman–Crippen MR) is 95.7 cm³/mol. The van der Waals surface area contributed by atoms with Gasteiger partial charge in [0, 0.05) is 31.0 Å². The van der Waals surface area contributed by atoms with Gasteiger partial charge < -0.3 is 19.5 Å². The van der Waals surface area contributed by atoms with E-state index in [4.69, 9.17) is 21.1 Å². The van der Waals surface area contributed by atoms with E-state index in [0.717, 1.165) is 18.6 Å². The van der Waals surface area contributed by atoms with Crippen molar-refractivity contribution in [3.63, 3.8) is 0 Å². The molecule has 0 unspecified atom stereocenters. The summed E-state index contributed by atoms with van der Waals surface area (Å²) < 4.78 is 11.1. The minimum Gasteiger partial charge on any atom is -0.507 e. The second-order valence-electron chi connectivity index (χ2n) is 5.92. The van der Waals surface area contributed by atoms with Crippen LogP contribution in [-0.2, 0) is 0 Å². The lowest BCUT2D eigenvalue weighted by Gasteiger charge is -2.32. The smallest absolute Gasteiger partial charge is 0.261 e. The van der Waals surface area contributed by atoms with Gasteiger partial charge in [-0.3, -0.25) is 4.79 Å². The molecule has 5 nitrogen and oxygen atoms in total. The number of amides is 1. The second-order valence-corrected chi connectivity index (χ2v) is 6.35. The van der Waals surface area contributed by atoms with Crippen molar-refractivity contribution in [2.45, 2.75) is 18.9 Å². The standard InChI is InChI=1S/C19H20ClNO4/c1-24-17-4-2-3-16(22)18(17)19(23)21-11-9-15(10-12-21)25-14-7-5-13(20)6-8-14/h2-8,15,22H,9-12H2,1H3. The van der Waals surface area contributed by atoms with Crippen LogP contribution in [0.15, 0.2) is 42.5 Å². The van der Waals surface area contributed by atoms with Crippen LogP contribution in [0.25, 0.3) is 0 Å². The summed E-state index contributed by atoms with van der Waals surface area (Å²) in [6.07, 6.45) is 1.51. The van der Waals surface area contributed by atoms with Crippen molar-refractivity contribution in [1.82, 2.24) is 4.90 Å². The Kier molecular flexibility index (Phi) is 5.34. The van der Waals surface area contributed by atoms with Gasteiger partial charge in [-0.25, -0.2) is 0 Å². The van der Waals surface area contributed by atoms with Gasteiger partial charge in [-0.15, -0.1) is 0 Å². The molecule has 1 aliphatic heterocycles. The lowest BCUT2D eigenvalue weighted by molar-refractivity contribution is 0.0590. The minimum atomic E-state index is -0.222. The first-order chi connectivity index (χ1) is 12.1. The van der Waals surface area contributed by atoms with Crippen LogP contribution in [0, 0.1) is 0 Å². The van der Waals surface area contributed by atoms with E-state index in [-0.39, 0.29) is 23.3 Å². The molecule has 0 radical (unpaired) electrons. The normalized spacial score (nSPS) is 15.0. The number of benzene rings is 2. The number of likely N-dealkylation sites (tertiary alicyclic amines) is 1. The van der Waals surface area contributed by atoms with Gasteiger partial charge in [-0.05, 0) is 36.4 Å². The molecule has 132 valence electrons. The van der Waals surface area contributed by atoms with E-state index in [0.29, 0.717) is 23.9 Å². The van der Waals surface area contributed by atoms with Gasteiger partial charge in [0.25, 0.3) is 5.91 Å². The lowest BCUT2D eigenvalue weighted by Crippen LogP contribution is -2.41. The van der Waals surface area contributed by atoms with Gasteiger partial charge in [0.05, 0.1) is 7.11 Å². The topological polar surface area (TPSA) is 59.0 Å². The summed E-state index contributed by atoms with van der Waals surface area (Å²) in [6.45, 7) is 1.13. The Morgan fingerprint density at radius 2 is 1.84 bits per heavy atom. The first kappa shape index (κ1) is 17.4. The number of hydrogen-bond acceptors (Lipinski definition) is 4. The molecule has 2 aromatic carbocycles. The van der Waals surface area contributed by atoms with Crippen LogP contribution in [0.4, 0.5) is 0 Å². The number of phenols is 1. The number of nitrogens with zero attached hydrogens (tertiary/aromatic N) is 1. The molecule has 0 spiro atoms. The molecule has 0 aromatic heterocycles. The van der Waals surface area contributed by atoms with Crippen molar-refractivity contribution in [2.75, 3.05) is 20.2 Å². The lowest BCUT2D eigenvalue weighted by atomic mass is 10.1. The average Bonchev–Trinajstić information content (AvgIpc) is 2.63. The highest BCUT2D eigenvalue weighted by Gasteiger charge is 2.28. The summed E-state index contributed by atoms with van der Waals surface area (Å²) in [5.41, 5.74) is 0.210. The summed E-state index contributed by atoms with van der Waals surface area (Å²) in [5.74, 6) is 0.866. The molecule has 1 heterocycles. The van der Waals surface area contributed by atoms with Crippen LogP contribution in [-0.4, -0.2) is 42.2 Å². The van der Waals surface area contributed by atoms with Crippen molar-refractivity contribution in [3.05, 3.63) is 53.1 Å². The van der Waals surface area contributed by atoms with E-state index < -0.39 is 0 Å². The Hall–Kier alpha value is -2.40. The van der Waals surface area contributed by atoms with Crippen molar-refractivity contribution >= 4 is 17.5 Å². The Morgan fingerprint density at radius 1 is 1.16 bits per heavy atom. The quantitative estimate of drug-likeness (QED) is 0.901. The SMILES string of the molecule is COc1cccc(O)c1C(=O)N1CCC(Oc2ccc(Cl)cc2)CC1. The number of aromatic hydroxyl groups is 1. The van der Waals surface area contributed by atoms with Crippen LogP contribution in [0.2, 0.25) is 5.02 Å². The molecular formula is C19H20ClNO4. The monoisotopic (exact) mass is 361 g/mol. The first-order valence-corrected chi connectivity index (χ1v) is 8.53. The van der Waals surface area contributed by atoms with Crippen molar-refractivity contribution in [2.24, 2.45) is 0 Å². The Bertz CT molecular complexity index is 740. The molecule has 1 N–H and O–H groups in total. The maximum atomic E-state index is 12.7. The van der Waals surface area contributed by atoms with E-state index in [1.807, 2.05) is 12.1 Å². The third-order valence-corrected chi connectivity index (χ3v) is 4.54. The summed E-state index contributed by atoms with van der Waals surface area (Å²) in [5, 5.41) is 10.7. The molecule has 6 heteroatoms. The fourth-order valence-corrected chi connectivity index (χ4v) is 3.07. The highest BCUT2D eigenvalue weighted by atomic mass is 35.5. The molecule has 0 bridgehead atoms. The molecule has 2 aromatic rings. The Morgan fingerprint density at radius 3 is 2.48 bits per heavy atom. The molecule has 3 rings (SSSR count). The second kappa shape index (κ2) is 7.66. The number of phenolic OH excluding ortho intramolecular Hbond substituents is 1. The van der Waals surface area contributed by atoms with Gasteiger partial charge >= 0.3 is 0 Å². The summed E-state index contributed by atoms with van der Waals surface area (Å²) in [4.78, 5) is 14.5. The van der Waals surface area contributed by atoms with E-state index in [9.17, 15) is 9.90 Å². The maximum absolute atomic E-state index is 12.7. The van der Waals surface area contributed by atoms with Crippen molar-refractivity contribution in [3.8, 4) is 17.2 Å². The number of rotatable bonds is 4. The van der Waals surface area contributed by atoms with Crippen LogP contribution >= 0.6 is 11.6 Å². The summed E-state index contributed by atoms with van der Waals surface area (Å²) in [6, 6.07) is 12.1. The number of hydrogen-bond donors (Lipinski definition) is 1. The molecule has 1 amide bonds. The molecule has 1 fully saturated rings. The van der Waals surface area contributed by atoms with Crippen molar-refractivity contribution in [1.29, 1.82) is 0 Å². The fraction of sp³-hybridized carbons (Fsp3) is 0.316.